The maximum atomic E-state index is 6.03. The normalized spacial score (nSPS) is 25.4. The Morgan fingerprint density at radius 2 is 1.72 bits per heavy atom. The number of nitrogens with zero attached hydrogens (tertiary/aromatic N) is 1. The fraction of sp³-hybridized carbons (Fsp3) is 0.571. The molecule has 0 aliphatic carbocycles. The fourth-order valence-corrected chi connectivity index (χ4v) is 2.55. The van der Waals surface area contributed by atoms with Gasteiger partial charge in [-0.2, -0.15) is 0 Å². The topological polar surface area (TPSA) is 47.7 Å². The van der Waals surface area contributed by atoms with E-state index in [0.717, 1.165) is 13.1 Å². The largest absolute Gasteiger partial charge is 0.377 e. The molecule has 0 saturated carbocycles. The van der Waals surface area contributed by atoms with Gasteiger partial charge in [-0.25, -0.2) is 0 Å². The Kier molecular flexibility index (Phi) is 4.22. The minimum Gasteiger partial charge on any atom is -0.377 e. The molecule has 1 fully saturated rings. The summed E-state index contributed by atoms with van der Waals surface area (Å²) in [6.45, 7) is 3.70. The molecule has 0 aromatic heterocycles. The number of anilines is 1. The smallest absolute Gasteiger partial charge is 0.102 e. The van der Waals surface area contributed by atoms with Crippen molar-refractivity contribution in [3.8, 4) is 0 Å². The number of hydrogen-bond donors (Lipinski definition) is 1. The molecule has 4 nitrogen and oxygen atoms in total. The van der Waals surface area contributed by atoms with E-state index in [0.29, 0.717) is 0 Å². The van der Waals surface area contributed by atoms with Crippen molar-refractivity contribution in [1.29, 1.82) is 0 Å². The lowest BCUT2D eigenvalue weighted by molar-refractivity contribution is -0.00461. The van der Waals surface area contributed by atoms with E-state index >= 15 is 0 Å². The predicted molar refractivity (Wildman–Crippen MR) is 72.9 cm³/mol. The number of ether oxygens (including phenoxy) is 2. The number of rotatable bonds is 4. The fourth-order valence-electron chi connectivity index (χ4n) is 2.55. The molecule has 0 spiro atoms. The van der Waals surface area contributed by atoms with Crippen molar-refractivity contribution in [2.45, 2.75) is 25.2 Å². The number of para-hydroxylation sites is 1. The zero-order chi connectivity index (χ0) is 13.1. The van der Waals surface area contributed by atoms with Crippen LogP contribution in [0, 0.1) is 0 Å². The van der Waals surface area contributed by atoms with Crippen LogP contribution in [0.4, 0.5) is 5.69 Å². The first-order valence-electron chi connectivity index (χ1n) is 6.32. The summed E-state index contributed by atoms with van der Waals surface area (Å²) in [5, 5.41) is 0. The van der Waals surface area contributed by atoms with Crippen LogP contribution in [0.15, 0.2) is 24.3 Å². The average Bonchev–Trinajstić information content (AvgIpc) is 2.81. The van der Waals surface area contributed by atoms with Crippen LogP contribution in [0.5, 0.6) is 0 Å². The van der Waals surface area contributed by atoms with E-state index in [4.69, 9.17) is 15.2 Å². The van der Waals surface area contributed by atoms with Gasteiger partial charge in [-0.05, 0) is 18.6 Å². The second kappa shape index (κ2) is 5.69. The van der Waals surface area contributed by atoms with Gasteiger partial charge in [-0.3, -0.25) is 0 Å². The highest BCUT2D eigenvalue weighted by Crippen LogP contribution is 2.29. The van der Waals surface area contributed by atoms with Gasteiger partial charge < -0.3 is 20.1 Å². The maximum absolute atomic E-state index is 6.03. The lowest BCUT2D eigenvalue weighted by atomic mass is 10.1. The Morgan fingerprint density at radius 3 is 2.22 bits per heavy atom. The van der Waals surface area contributed by atoms with E-state index in [9.17, 15) is 0 Å². The van der Waals surface area contributed by atoms with Gasteiger partial charge >= 0.3 is 0 Å². The Bertz CT molecular complexity index is 383. The third-order valence-corrected chi connectivity index (χ3v) is 3.59. The molecule has 18 heavy (non-hydrogen) atoms. The molecule has 1 aliphatic rings. The van der Waals surface area contributed by atoms with E-state index in [1.165, 1.54) is 11.3 Å². The number of benzene rings is 1. The van der Waals surface area contributed by atoms with Crippen molar-refractivity contribution in [1.82, 2.24) is 0 Å². The third kappa shape index (κ3) is 2.51. The molecule has 1 saturated heterocycles. The first-order chi connectivity index (χ1) is 8.67. The van der Waals surface area contributed by atoms with Crippen LogP contribution in [-0.4, -0.2) is 39.5 Å². The Morgan fingerprint density at radius 1 is 1.17 bits per heavy atom. The van der Waals surface area contributed by atoms with Gasteiger partial charge in [0.25, 0.3) is 0 Å². The summed E-state index contributed by atoms with van der Waals surface area (Å²) < 4.78 is 10.9. The van der Waals surface area contributed by atoms with Crippen molar-refractivity contribution < 1.29 is 9.47 Å². The SMILES string of the molecule is COC1CN(c2ccccc2[C@H](C)N)CC1OC. The molecule has 4 heteroatoms. The van der Waals surface area contributed by atoms with Gasteiger partial charge in [-0.15, -0.1) is 0 Å². The van der Waals surface area contributed by atoms with E-state index in [2.05, 4.69) is 17.0 Å². The average molecular weight is 250 g/mol. The van der Waals surface area contributed by atoms with Gasteiger partial charge in [0.1, 0.15) is 12.2 Å². The predicted octanol–water partition coefficient (Wildman–Crippen LogP) is 1.56. The molecule has 100 valence electrons. The van der Waals surface area contributed by atoms with Crippen LogP contribution in [0.2, 0.25) is 0 Å². The van der Waals surface area contributed by atoms with Crippen LogP contribution in [-0.2, 0) is 9.47 Å². The highest BCUT2D eigenvalue weighted by Gasteiger charge is 2.33. The van der Waals surface area contributed by atoms with E-state index in [-0.39, 0.29) is 18.2 Å². The summed E-state index contributed by atoms with van der Waals surface area (Å²) in [4.78, 5) is 2.29. The third-order valence-electron chi connectivity index (χ3n) is 3.59. The number of methoxy groups -OCH3 is 2. The van der Waals surface area contributed by atoms with Crippen LogP contribution in [0.1, 0.15) is 18.5 Å². The molecule has 0 amide bonds. The molecule has 1 aromatic carbocycles. The molecule has 2 unspecified atom stereocenters. The molecule has 0 bridgehead atoms. The van der Waals surface area contributed by atoms with Crippen molar-refractivity contribution in [3.63, 3.8) is 0 Å². The molecule has 1 heterocycles. The summed E-state index contributed by atoms with van der Waals surface area (Å²) in [6, 6.07) is 8.30. The number of hydrogen-bond acceptors (Lipinski definition) is 4. The van der Waals surface area contributed by atoms with Crippen LogP contribution in [0.3, 0.4) is 0 Å². The quantitative estimate of drug-likeness (QED) is 0.881. The second-order valence-electron chi connectivity index (χ2n) is 4.80. The molecule has 2 N–H and O–H groups in total. The van der Waals surface area contributed by atoms with Gasteiger partial charge in [0.2, 0.25) is 0 Å². The summed E-state index contributed by atoms with van der Waals surface area (Å²) >= 11 is 0. The maximum Gasteiger partial charge on any atom is 0.102 e. The first kappa shape index (κ1) is 13.3. The van der Waals surface area contributed by atoms with Gasteiger partial charge in [-0.1, -0.05) is 18.2 Å². The van der Waals surface area contributed by atoms with Gasteiger partial charge in [0.05, 0.1) is 0 Å². The molecule has 0 radical (unpaired) electrons. The second-order valence-corrected chi connectivity index (χ2v) is 4.80. The number of nitrogens with two attached hydrogens (primary N) is 1. The minimum absolute atomic E-state index is 0.0313. The standard InChI is InChI=1S/C14H22N2O2/c1-10(15)11-6-4-5-7-12(11)16-8-13(17-2)14(9-16)18-3/h4-7,10,13-14H,8-9,15H2,1-3H3/t10-,13?,14?/m0/s1. The van der Waals surface area contributed by atoms with Crippen molar-refractivity contribution in [2.24, 2.45) is 5.73 Å². The summed E-state index contributed by atoms with van der Waals surface area (Å²) in [6.07, 6.45) is 0.243. The van der Waals surface area contributed by atoms with Crippen molar-refractivity contribution >= 4 is 5.69 Å². The molecular weight excluding hydrogens is 228 g/mol. The molecule has 3 atom stereocenters. The summed E-state index contributed by atoms with van der Waals surface area (Å²) in [5.74, 6) is 0. The highest BCUT2D eigenvalue weighted by molar-refractivity contribution is 5.56. The highest BCUT2D eigenvalue weighted by atomic mass is 16.5. The van der Waals surface area contributed by atoms with Gasteiger partial charge in [0.15, 0.2) is 0 Å². The molecule has 1 aromatic rings. The summed E-state index contributed by atoms with van der Waals surface area (Å²) in [5.41, 5.74) is 8.39. The Hall–Kier alpha value is -1.10. The van der Waals surface area contributed by atoms with Crippen LogP contribution in [0.25, 0.3) is 0 Å². The van der Waals surface area contributed by atoms with Crippen molar-refractivity contribution in [3.05, 3.63) is 29.8 Å². The molecule has 2 rings (SSSR count). The minimum atomic E-state index is 0.0313. The molecule has 1 aliphatic heterocycles. The molecular formula is C14H22N2O2. The lowest BCUT2D eigenvalue weighted by Crippen LogP contribution is -2.27. The van der Waals surface area contributed by atoms with E-state index < -0.39 is 0 Å². The van der Waals surface area contributed by atoms with Crippen LogP contribution >= 0.6 is 0 Å². The van der Waals surface area contributed by atoms with Crippen molar-refractivity contribution in [2.75, 3.05) is 32.2 Å². The lowest BCUT2D eigenvalue weighted by Gasteiger charge is -2.23. The van der Waals surface area contributed by atoms with E-state index in [1.54, 1.807) is 14.2 Å². The van der Waals surface area contributed by atoms with Crippen LogP contribution < -0.4 is 10.6 Å². The van der Waals surface area contributed by atoms with E-state index in [1.807, 2.05) is 19.1 Å². The zero-order valence-corrected chi connectivity index (χ0v) is 11.3. The monoisotopic (exact) mass is 250 g/mol. The zero-order valence-electron chi connectivity index (χ0n) is 11.3. The Balaban J connectivity index is 2.23. The summed E-state index contributed by atoms with van der Waals surface area (Å²) in [7, 11) is 3.47. The van der Waals surface area contributed by atoms with Gasteiger partial charge in [0, 0.05) is 39.0 Å². The Labute approximate surface area is 109 Å². The first-order valence-corrected chi connectivity index (χ1v) is 6.32.